The van der Waals surface area contributed by atoms with E-state index >= 15 is 0 Å². The zero-order valence-electron chi connectivity index (χ0n) is 6.78. The Morgan fingerprint density at radius 3 is 2.92 bits per heavy atom. The van der Waals surface area contributed by atoms with Gasteiger partial charge in [0.15, 0.2) is 0 Å². The predicted octanol–water partition coefficient (Wildman–Crippen LogP) is 0.641. The van der Waals surface area contributed by atoms with Crippen LogP contribution >= 0.6 is 0 Å². The molecule has 0 radical (unpaired) electrons. The van der Waals surface area contributed by atoms with E-state index in [0.29, 0.717) is 5.69 Å². The molecule has 0 aliphatic heterocycles. The Labute approximate surface area is 69.8 Å². The topological polar surface area (TPSA) is 69.9 Å². The maximum absolute atomic E-state index is 5.71. The summed E-state index contributed by atoms with van der Waals surface area (Å²) in [5, 5.41) is 0. The number of imidazole rings is 1. The third-order valence-electron chi connectivity index (χ3n) is 1.89. The molecule has 0 fully saturated rings. The summed E-state index contributed by atoms with van der Waals surface area (Å²) in [5.41, 5.74) is 8.06. The molecule has 2 aromatic rings. The lowest BCUT2D eigenvalue weighted by Crippen LogP contribution is -2.09. The first-order chi connectivity index (χ1) is 5.68. The molecule has 0 saturated carbocycles. The van der Waals surface area contributed by atoms with E-state index in [1.165, 1.54) is 4.68 Å². The lowest BCUT2D eigenvalue weighted by atomic mass is 10.3. The van der Waals surface area contributed by atoms with E-state index in [-0.39, 0.29) is 0 Å². The summed E-state index contributed by atoms with van der Waals surface area (Å²) >= 11 is 0. The molecule has 0 unspecified atom stereocenters. The molecule has 0 aliphatic carbocycles. The summed E-state index contributed by atoms with van der Waals surface area (Å²) in [7, 11) is 0. The number of rotatable bonds is 0. The van der Waals surface area contributed by atoms with Gasteiger partial charge in [-0.05, 0) is 25.1 Å². The van der Waals surface area contributed by atoms with Crippen molar-refractivity contribution in [1.29, 1.82) is 0 Å². The Balaban J connectivity index is 2.88. The molecular formula is C8H10N4. The number of hydrogen-bond acceptors (Lipinski definition) is 3. The normalized spacial score (nSPS) is 10.8. The molecule has 1 aromatic carbocycles. The highest BCUT2D eigenvalue weighted by atomic mass is 15.3. The van der Waals surface area contributed by atoms with E-state index < -0.39 is 0 Å². The number of hydrogen-bond donors (Lipinski definition) is 2. The van der Waals surface area contributed by atoms with Crippen LogP contribution < -0.4 is 11.6 Å². The van der Waals surface area contributed by atoms with Crippen LogP contribution in [0.5, 0.6) is 0 Å². The van der Waals surface area contributed by atoms with Crippen LogP contribution in [0.1, 0.15) is 5.82 Å². The SMILES string of the molecule is Cc1nc2ccc(N)cc2n1N. The van der Waals surface area contributed by atoms with E-state index in [1.54, 1.807) is 0 Å². The molecule has 2 rings (SSSR count). The number of nitrogens with zero attached hydrogens (tertiary/aromatic N) is 2. The quantitative estimate of drug-likeness (QED) is 0.441. The van der Waals surface area contributed by atoms with Crippen molar-refractivity contribution in [2.45, 2.75) is 6.92 Å². The molecule has 1 aromatic heterocycles. The first kappa shape index (κ1) is 6.97. The number of nitrogen functional groups attached to an aromatic ring is 2. The van der Waals surface area contributed by atoms with Gasteiger partial charge < -0.3 is 11.6 Å². The fourth-order valence-corrected chi connectivity index (χ4v) is 1.23. The summed E-state index contributed by atoms with van der Waals surface area (Å²) in [6.07, 6.45) is 0. The molecule has 62 valence electrons. The zero-order valence-corrected chi connectivity index (χ0v) is 6.78. The van der Waals surface area contributed by atoms with Crippen molar-refractivity contribution in [1.82, 2.24) is 9.66 Å². The van der Waals surface area contributed by atoms with E-state index in [0.717, 1.165) is 16.9 Å². The van der Waals surface area contributed by atoms with Crippen LogP contribution in [-0.2, 0) is 0 Å². The van der Waals surface area contributed by atoms with Gasteiger partial charge in [-0.15, -0.1) is 0 Å². The second-order valence-corrected chi connectivity index (χ2v) is 2.78. The number of anilines is 1. The molecule has 4 heteroatoms. The molecular weight excluding hydrogens is 152 g/mol. The second kappa shape index (κ2) is 2.14. The van der Waals surface area contributed by atoms with Crippen LogP contribution in [0, 0.1) is 6.92 Å². The Kier molecular flexibility index (Phi) is 1.24. The van der Waals surface area contributed by atoms with Crippen molar-refractivity contribution in [2.75, 3.05) is 11.6 Å². The average Bonchev–Trinajstić information content (AvgIpc) is 2.31. The maximum Gasteiger partial charge on any atom is 0.125 e. The first-order valence-corrected chi connectivity index (χ1v) is 3.68. The molecule has 0 bridgehead atoms. The number of nitrogens with two attached hydrogens (primary N) is 2. The third kappa shape index (κ3) is 0.812. The summed E-state index contributed by atoms with van der Waals surface area (Å²) in [5.74, 6) is 6.49. The predicted molar refractivity (Wildman–Crippen MR) is 49.0 cm³/mol. The minimum atomic E-state index is 0.703. The van der Waals surface area contributed by atoms with Crippen molar-refractivity contribution in [3.63, 3.8) is 0 Å². The monoisotopic (exact) mass is 162 g/mol. The summed E-state index contributed by atoms with van der Waals surface area (Å²) < 4.78 is 1.53. The van der Waals surface area contributed by atoms with E-state index in [1.807, 2.05) is 25.1 Å². The van der Waals surface area contributed by atoms with Gasteiger partial charge in [0.05, 0.1) is 11.0 Å². The first-order valence-electron chi connectivity index (χ1n) is 3.68. The van der Waals surface area contributed by atoms with Crippen LogP contribution in [0.25, 0.3) is 11.0 Å². The van der Waals surface area contributed by atoms with Gasteiger partial charge in [-0.25, -0.2) is 9.66 Å². The second-order valence-electron chi connectivity index (χ2n) is 2.78. The maximum atomic E-state index is 5.71. The summed E-state index contributed by atoms with van der Waals surface area (Å²) in [6.45, 7) is 1.86. The van der Waals surface area contributed by atoms with Gasteiger partial charge in [-0.3, -0.25) is 0 Å². The highest BCUT2D eigenvalue weighted by Crippen LogP contribution is 2.15. The van der Waals surface area contributed by atoms with Crippen molar-refractivity contribution >= 4 is 16.7 Å². The molecule has 0 saturated heterocycles. The average molecular weight is 162 g/mol. The Hall–Kier alpha value is -1.71. The molecule has 4 nitrogen and oxygen atoms in total. The molecule has 0 aliphatic rings. The van der Waals surface area contributed by atoms with Gasteiger partial charge in [0.1, 0.15) is 5.82 Å². The van der Waals surface area contributed by atoms with Crippen molar-refractivity contribution < 1.29 is 0 Å². The van der Waals surface area contributed by atoms with E-state index in [9.17, 15) is 0 Å². The number of fused-ring (bicyclic) bond motifs is 1. The highest BCUT2D eigenvalue weighted by molar-refractivity contribution is 5.79. The molecule has 4 N–H and O–H groups in total. The smallest absolute Gasteiger partial charge is 0.125 e. The minimum absolute atomic E-state index is 0.703. The summed E-state index contributed by atoms with van der Waals surface area (Å²) in [4.78, 5) is 4.24. The standard InChI is InChI=1S/C8H10N4/c1-5-11-7-3-2-6(9)4-8(7)12(5)10/h2-4H,9-10H2,1H3. The van der Waals surface area contributed by atoms with Gasteiger partial charge in [0, 0.05) is 5.69 Å². The van der Waals surface area contributed by atoms with Crippen molar-refractivity contribution in [3.8, 4) is 0 Å². The lowest BCUT2D eigenvalue weighted by Gasteiger charge is -1.96. The molecule has 1 heterocycles. The van der Waals surface area contributed by atoms with Gasteiger partial charge in [0.25, 0.3) is 0 Å². The van der Waals surface area contributed by atoms with Crippen LogP contribution in [0.15, 0.2) is 18.2 Å². The van der Waals surface area contributed by atoms with Crippen molar-refractivity contribution in [3.05, 3.63) is 24.0 Å². The van der Waals surface area contributed by atoms with Gasteiger partial charge in [-0.2, -0.15) is 0 Å². The third-order valence-corrected chi connectivity index (χ3v) is 1.89. The fraction of sp³-hybridized carbons (Fsp3) is 0.125. The zero-order chi connectivity index (χ0) is 8.72. The van der Waals surface area contributed by atoms with Crippen LogP contribution in [0.4, 0.5) is 5.69 Å². The summed E-state index contributed by atoms with van der Waals surface area (Å²) in [6, 6.07) is 5.49. The number of aromatic nitrogens is 2. The molecule has 0 spiro atoms. The van der Waals surface area contributed by atoms with Gasteiger partial charge >= 0.3 is 0 Å². The largest absolute Gasteiger partial charge is 0.399 e. The van der Waals surface area contributed by atoms with E-state index in [4.69, 9.17) is 11.6 Å². The van der Waals surface area contributed by atoms with Crippen LogP contribution in [-0.4, -0.2) is 9.66 Å². The number of benzene rings is 1. The highest BCUT2D eigenvalue weighted by Gasteiger charge is 2.03. The Morgan fingerprint density at radius 1 is 1.42 bits per heavy atom. The van der Waals surface area contributed by atoms with Gasteiger partial charge in [-0.1, -0.05) is 0 Å². The molecule has 12 heavy (non-hydrogen) atoms. The number of aryl methyl sites for hydroxylation is 1. The van der Waals surface area contributed by atoms with Crippen LogP contribution in [0.2, 0.25) is 0 Å². The molecule has 0 atom stereocenters. The lowest BCUT2D eigenvalue weighted by molar-refractivity contribution is 0.956. The van der Waals surface area contributed by atoms with Crippen LogP contribution in [0.3, 0.4) is 0 Å². The Bertz CT molecular complexity index is 430. The van der Waals surface area contributed by atoms with E-state index in [2.05, 4.69) is 4.98 Å². The minimum Gasteiger partial charge on any atom is -0.399 e. The Morgan fingerprint density at radius 2 is 2.17 bits per heavy atom. The van der Waals surface area contributed by atoms with Crippen molar-refractivity contribution in [2.24, 2.45) is 0 Å². The fourth-order valence-electron chi connectivity index (χ4n) is 1.23. The molecule has 0 amide bonds. The van der Waals surface area contributed by atoms with Gasteiger partial charge in [0.2, 0.25) is 0 Å².